The first-order chi connectivity index (χ1) is 7.60. The van der Waals surface area contributed by atoms with Crippen LogP contribution in [0, 0.1) is 0 Å². The average molecular weight is 244 g/mol. The lowest BCUT2D eigenvalue weighted by molar-refractivity contribution is 0.137. The Labute approximate surface area is 101 Å². The Morgan fingerprint density at radius 3 is 2.69 bits per heavy atom. The van der Waals surface area contributed by atoms with Crippen LogP contribution >= 0.6 is 11.6 Å². The molecular formula is C12H18ClNO2. The van der Waals surface area contributed by atoms with Crippen LogP contribution in [-0.4, -0.2) is 24.8 Å². The number of nitrogens with one attached hydrogen (secondary N) is 1. The SMILES string of the molecule is CCNC(C)C(O)c1ccc(OC)c(Cl)c1. The van der Waals surface area contributed by atoms with Crippen molar-refractivity contribution < 1.29 is 9.84 Å². The molecule has 0 spiro atoms. The molecule has 2 N–H and O–H groups in total. The second-order valence-electron chi connectivity index (χ2n) is 3.69. The third-order valence-electron chi connectivity index (χ3n) is 2.52. The molecule has 2 atom stereocenters. The standard InChI is InChI=1S/C12H18ClNO2/c1-4-14-8(2)12(15)9-5-6-11(16-3)10(13)7-9/h5-8,12,14-15H,4H2,1-3H3. The molecule has 0 radical (unpaired) electrons. The molecule has 0 aliphatic carbocycles. The van der Waals surface area contributed by atoms with Gasteiger partial charge in [0.2, 0.25) is 0 Å². The smallest absolute Gasteiger partial charge is 0.137 e. The number of halogens is 1. The molecule has 0 saturated heterocycles. The first kappa shape index (κ1) is 13.3. The van der Waals surface area contributed by atoms with Gasteiger partial charge in [0.15, 0.2) is 0 Å². The fraction of sp³-hybridized carbons (Fsp3) is 0.500. The molecule has 1 aromatic rings. The zero-order valence-electron chi connectivity index (χ0n) is 9.83. The van der Waals surface area contributed by atoms with E-state index >= 15 is 0 Å². The Morgan fingerprint density at radius 2 is 2.19 bits per heavy atom. The van der Waals surface area contributed by atoms with Crippen molar-refractivity contribution in [2.75, 3.05) is 13.7 Å². The minimum absolute atomic E-state index is 0.00513. The van der Waals surface area contributed by atoms with Crippen LogP contribution < -0.4 is 10.1 Å². The normalized spacial score (nSPS) is 14.6. The highest BCUT2D eigenvalue weighted by Crippen LogP contribution is 2.28. The van der Waals surface area contributed by atoms with Crippen molar-refractivity contribution in [2.24, 2.45) is 0 Å². The molecular weight excluding hydrogens is 226 g/mol. The third-order valence-corrected chi connectivity index (χ3v) is 2.81. The fourth-order valence-electron chi connectivity index (χ4n) is 1.59. The number of ether oxygens (including phenoxy) is 1. The lowest BCUT2D eigenvalue weighted by Crippen LogP contribution is -2.31. The van der Waals surface area contributed by atoms with E-state index < -0.39 is 6.10 Å². The molecule has 0 amide bonds. The Bertz CT molecular complexity index is 344. The number of hydrogen-bond acceptors (Lipinski definition) is 3. The van der Waals surface area contributed by atoms with Gasteiger partial charge >= 0.3 is 0 Å². The summed E-state index contributed by atoms with van der Waals surface area (Å²) in [5, 5.41) is 13.7. The van der Waals surface area contributed by atoms with E-state index in [1.165, 1.54) is 0 Å². The van der Waals surface area contributed by atoms with Gasteiger partial charge in [-0.05, 0) is 31.2 Å². The van der Waals surface area contributed by atoms with Crippen molar-refractivity contribution in [3.05, 3.63) is 28.8 Å². The maximum atomic E-state index is 10.0. The lowest BCUT2D eigenvalue weighted by atomic mass is 10.0. The van der Waals surface area contributed by atoms with Crippen molar-refractivity contribution in [3.63, 3.8) is 0 Å². The number of benzene rings is 1. The van der Waals surface area contributed by atoms with Gasteiger partial charge in [0.05, 0.1) is 18.2 Å². The van der Waals surface area contributed by atoms with Crippen LogP contribution in [0.4, 0.5) is 0 Å². The molecule has 1 aromatic carbocycles. The van der Waals surface area contributed by atoms with Gasteiger partial charge in [-0.25, -0.2) is 0 Å². The molecule has 1 rings (SSSR count). The molecule has 0 saturated carbocycles. The summed E-state index contributed by atoms with van der Waals surface area (Å²) >= 11 is 6.00. The van der Waals surface area contributed by atoms with E-state index in [0.29, 0.717) is 10.8 Å². The molecule has 90 valence electrons. The van der Waals surface area contributed by atoms with Gasteiger partial charge in [-0.15, -0.1) is 0 Å². The van der Waals surface area contributed by atoms with Crippen LogP contribution in [0.1, 0.15) is 25.5 Å². The van der Waals surface area contributed by atoms with Crippen molar-refractivity contribution in [1.82, 2.24) is 5.32 Å². The summed E-state index contributed by atoms with van der Waals surface area (Å²) in [7, 11) is 1.57. The molecule has 0 bridgehead atoms. The first-order valence-corrected chi connectivity index (χ1v) is 5.72. The number of likely N-dealkylation sites (N-methyl/N-ethyl adjacent to an activating group) is 1. The summed E-state index contributed by atoms with van der Waals surface area (Å²) in [4.78, 5) is 0. The Balaban J connectivity index is 2.84. The summed E-state index contributed by atoms with van der Waals surface area (Å²) in [5.74, 6) is 0.619. The molecule has 0 fully saturated rings. The largest absolute Gasteiger partial charge is 0.495 e. The minimum Gasteiger partial charge on any atom is -0.495 e. The van der Waals surface area contributed by atoms with Gasteiger partial charge in [-0.2, -0.15) is 0 Å². The zero-order valence-corrected chi connectivity index (χ0v) is 10.6. The predicted octanol–water partition coefficient (Wildman–Crippen LogP) is 2.38. The number of methoxy groups -OCH3 is 1. The molecule has 0 aliphatic rings. The Hall–Kier alpha value is -0.770. The summed E-state index contributed by atoms with van der Waals surface area (Å²) in [6.45, 7) is 4.76. The van der Waals surface area contributed by atoms with E-state index in [4.69, 9.17) is 16.3 Å². The highest BCUT2D eigenvalue weighted by atomic mass is 35.5. The van der Waals surface area contributed by atoms with Gasteiger partial charge in [0, 0.05) is 6.04 Å². The Kier molecular flexibility index (Phi) is 5.06. The summed E-state index contributed by atoms with van der Waals surface area (Å²) < 4.78 is 5.06. The van der Waals surface area contributed by atoms with E-state index in [9.17, 15) is 5.11 Å². The molecule has 16 heavy (non-hydrogen) atoms. The summed E-state index contributed by atoms with van der Waals surface area (Å²) in [6.07, 6.45) is -0.566. The van der Waals surface area contributed by atoms with Crippen LogP contribution in [-0.2, 0) is 0 Å². The quantitative estimate of drug-likeness (QED) is 0.835. The highest BCUT2D eigenvalue weighted by molar-refractivity contribution is 6.32. The number of aliphatic hydroxyl groups is 1. The maximum absolute atomic E-state index is 10.0. The minimum atomic E-state index is -0.566. The van der Waals surface area contributed by atoms with E-state index in [-0.39, 0.29) is 6.04 Å². The van der Waals surface area contributed by atoms with E-state index in [0.717, 1.165) is 12.1 Å². The lowest BCUT2D eigenvalue weighted by Gasteiger charge is -2.20. The summed E-state index contributed by atoms with van der Waals surface area (Å²) in [6, 6.07) is 5.32. The second kappa shape index (κ2) is 6.09. The number of aliphatic hydroxyl groups excluding tert-OH is 1. The Morgan fingerprint density at radius 1 is 1.50 bits per heavy atom. The van der Waals surface area contributed by atoms with Crippen LogP contribution in [0.5, 0.6) is 5.75 Å². The van der Waals surface area contributed by atoms with Gasteiger partial charge in [0.25, 0.3) is 0 Å². The van der Waals surface area contributed by atoms with Gasteiger partial charge in [0.1, 0.15) is 5.75 Å². The van der Waals surface area contributed by atoms with Crippen molar-refractivity contribution in [1.29, 1.82) is 0 Å². The molecule has 3 nitrogen and oxygen atoms in total. The van der Waals surface area contributed by atoms with Crippen molar-refractivity contribution in [3.8, 4) is 5.75 Å². The topological polar surface area (TPSA) is 41.5 Å². The van der Waals surface area contributed by atoms with Gasteiger partial charge in [-0.3, -0.25) is 0 Å². The van der Waals surface area contributed by atoms with Gasteiger partial charge in [-0.1, -0.05) is 24.6 Å². The number of hydrogen-bond donors (Lipinski definition) is 2. The zero-order chi connectivity index (χ0) is 12.1. The number of rotatable bonds is 5. The van der Waals surface area contributed by atoms with E-state index in [1.807, 2.05) is 19.9 Å². The van der Waals surface area contributed by atoms with Crippen LogP contribution in [0.15, 0.2) is 18.2 Å². The fourth-order valence-corrected chi connectivity index (χ4v) is 1.86. The predicted molar refractivity (Wildman–Crippen MR) is 66.1 cm³/mol. The average Bonchev–Trinajstić information content (AvgIpc) is 2.28. The third kappa shape index (κ3) is 3.11. The van der Waals surface area contributed by atoms with Crippen molar-refractivity contribution in [2.45, 2.75) is 26.0 Å². The molecule has 2 unspecified atom stereocenters. The van der Waals surface area contributed by atoms with Gasteiger partial charge < -0.3 is 15.2 Å². The molecule has 0 aliphatic heterocycles. The molecule has 0 heterocycles. The van der Waals surface area contributed by atoms with E-state index in [2.05, 4.69) is 5.32 Å². The monoisotopic (exact) mass is 243 g/mol. The molecule has 0 aromatic heterocycles. The highest BCUT2D eigenvalue weighted by Gasteiger charge is 2.16. The van der Waals surface area contributed by atoms with E-state index in [1.54, 1.807) is 19.2 Å². The van der Waals surface area contributed by atoms with Crippen LogP contribution in [0.2, 0.25) is 5.02 Å². The van der Waals surface area contributed by atoms with Crippen LogP contribution in [0.25, 0.3) is 0 Å². The maximum Gasteiger partial charge on any atom is 0.137 e. The second-order valence-corrected chi connectivity index (χ2v) is 4.09. The van der Waals surface area contributed by atoms with Crippen LogP contribution in [0.3, 0.4) is 0 Å². The van der Waals surface area contributed by atoms with Crippen molar-refractivity contribution >= 4 is 11.6 Å². The molecule has 4 heteroatoms. The summed E-state index contributed by atoms with van der Waals surface area (Å²) in [5.41, 5.74) is 0.791. The first-order valence-electron chi connectivity index (χ1n) is 5.35.